The van der Waals surface area contributed by atoms with Crippen LogP contribution in [0.25, 0.3) is 0 Å². The average molecular weight is 428 g/mol. The van der Waals surface area contributed by atoms with Crippen molar-refractivity contribution in [2.45, 2.75) is 19.3 Å². The summed E-state index contributed by atoms with van der Waals surface area (Å²) in [7, 11) is 1.38. The zero-order valence-electron chi connectivity index (χ0n) is 17.8. The molecule has 0 bridgehead atoms. The summed E-state index contributed by atoms with van der Waals surface area (Å²) in [5.41, 5.74) is 0.814. The molecule has 2 N–H and O–H groups in total. The van der Waals surface area contributed by atoms with Crippen molar-refractivity contribution < 1.29 is 23.7 Å². The Hall–Kier alpha value is -3.42. The zero-order chi connectivity index (χ0) is 21.7. The summed E-state index contributed by atoms with van der Waals surface area (Å²) in [6.45, 7) is 2.80. The average Bonchev–Trinajstić information content (AvgIpc) is 3.04. The van der Waals surface area contributed by atoms with Gasteiger partial charge in [-0.05, 0) is 24.3 Å². The number of nitrogens with one attached hydrogen (secondary N) is 2. The van der Waals surface area contributed by atoms with Gasteiger partial charge in [-0.15, -0.1) is 0 Å². The van der Waals surface area contributed by atoms with Crippen molar-refractivity contribution >= 4 is 17.6 Å². The first-order chi connectivity index (χ1) is 15.2. The number of carbonyl (C=O) groups excluding carboxylic acids is 1. The number of fused-ring (bicyclic) bond motifs is 1. The van der Waals surface area contributed by atoms with E-state index in [1.165, 1.54) is 7.11 Å². The van der Waals surface area contributed by atoms with Gasteiger partial charge in [0.2, 0.25) is 0 Å². The van der Waals surface area contributed by atoms with E-state index in [2.05, 4.69) is 15.6 Å². The second-order valence-corrected chi connectivity index (χ2v) is 6.84. The first-order valence-electron chi connectivity index (χ1n) is 10.4. The summed E-state index contributed by atoms with van der Waals surface area (Å²) in [5, 5.41) is 6.42. The molecule has 0 amide bonds. The molecule has 166 valence electrons. The maximum atomic E-state index is 11.4. The minimum absolute atomic E-state index is 0.245. The lowest BCUT2D eigenvalue weighted by atomic mass is 10.2. The Kier molecular flexibility index (Phi) is 8.85. The van der Waals surface area contributed by atoms with E-state index in [4.69, 9.17) is 18.9 Å². The van der Waals surface area contributed by atoms with Crippen LogP contribution >= 0.6 is 0 Å². The number of guanidine groups is 1. The molecule has 0 aliphatic carbocycles. The highest BCUT2D eigenvalue weighted by Crippen LogP contribution is 2.32. The van der Waals surface area contributed by atoms with Crippen molar-refractivity contribution in [2.75, 3.05) is 45.3 Å². The van der Waals surface area contributed by atoms with Crippen LogP contribution in [0.2, 0.25) is 0 Å². The number of methoxy groups -OCH3 is 1. The second-order valence-electron chi connectivity index (χ2n) is 6.84. The fraction of sp³-hybridized carbons (Fsp3) is 0.391. The molecule has 0 saturated carbocycles. The Morgan fingerprint density at radius 2 is 1.90 bits per heavy atom. The van der Waals surface area contributed by atoms with E-state index in [9.17, 15) is 4.79 Å². The van der Waals surface area contributed by atoms with Crippen LogP contribution in [0.4, 0.5) is 5.69 Å². The van der Waals surface area contributed by atoms with E-state index < -0.39 is 0 Å². The van der Waals surface area contributed by atoms with Crippen LogP contribution in [-0.2, 0) is 9.53 Å². The number of nitrogens with zero attached hydrogens (tertiary/aromatic N) is 1. The van der Waals surface area contributed by atoms with E-state index in [1.807, 2.05) is 48.5 Å². The summed E-state index contributed by atoms with van der Waals surface area (Å²) in [5.74, 6) is 2.57. The number of hydrogen-bond acceptors (Lipinski definition) is 6. The molecular weight excluding hydrogens is 398 g/mol. The van der Waals surface area contributed by atoms with Crippen molar-refractivity contribution in [3.05, 3.63) is 48.5 Å². The molecule has 0 radical (unpaired) electrons. The molecular formula is C23H29N3O5. The lowest BCUT2D eigenvalue weighted by Crippen LogP contribution is -2.33. The highest BCUT2D eigenvalue weighted by molar-refractivity contribution is 5.94. The fourth-order valence-corrected chi connectivity index (χ4v) is 2.86. The lowest BCUT2D eigenvalue weighted by Gasteiger charge is -2.14. The molecule has 2 aromatic rings. The van der Waals surface area contributed by atoms with E-state index >= 15 is 0 Å². The number of hydrogen-bond donors (Lipinski definition) is 2. The molecule has 0 saturated heterocycles. The van der Waals surface area contributed by atoms with E-state index in [0.717, 1.165) is 30.0 Å². The molecule has 0 unspecified atom stereocenters. The summed E-state index contributed by atoms with van der Waals surface area (Å²) in [6, 6.07) is 15.4. The standard InChI is InChI=1S/C23H29N3O5/c1-28-22(27)11-13-25-23(24-12-5-14-29-19-7-3-2-4-8-19)26-18-9-10-20-21(17-18)31-16-6-15-30-20/h2-4,7-10,17H,5-6,11-16H2,1H3,(H2,24,25,26). The van der Waals surface area contributed by atoms with Crippen LogP contribution in [-0.4, -0.2) is 51.9 Å². The molecule has 8 heteroatoms. The lowest BCUT2D eigenvalue weighted by molar-refractivity contribution is -0.140. The molecule has 2 aromatic carbocycles. The summed E-state index contributed by atoms with van der Waals surface area (Å²) >= 11 is 0. The van der Waals surface area contributed by atoms with E-state index in [-0.39, 0.29) is 12.4 Å². The Bertz CT molecular complexity index is 858. The monoisotopic (exact) mass is 427 g/mol. The largest absolute Gasteiger partial charge is 0.494 e. The highest BCUT2D eigenvalue weighted by atomic mass is 16.5. The smallest absolute Gasteiger partial charge is 0.307 e. The SMILES string of the molecule is COC(=O)CCNC(=NCCCOc1ccccc1)Nc1ccc2c(c1)OCCCO2. The number of benzene rings is 2. The van der Waals surface area contributed by atoms with Gasteiger partial charge in [0.05, 0.1) is 33.4 Å². The third kappa shape index (κ3) is 7.73. The number of carbonyl (C=O) groups is 1. The van der Waals surface area contributed by atoms with Crippen LogP contribution in [0, 0.1) is 0 Å². The molecule has 0 spiro atoms. The number of para-hydroxylation sites is 1. The van der Waals surface area contributed by atoms with Gasteiger partial charge in [-0.1, -0.05) is 18.2 Å². The minimum Gasteiger partial charge on any atom is -0.494 e. The van der Waals surface area contributed by atoms with Crippen LogP contribution in [0.1, 0.15) is 19.3 Å². The van der Waals surface area contributed by atoms with E-state index in [1.54, 1.807) is 0 Å². The second kappa shape index (κ2) is 12.3. The maximum absolute atomic E-state index is 11.4. The van der Waals surface area contributed by atoms with Gasteiger partial charge in [-0.25, -0.2) is 0 Å². The molecule has 0 aromatic heterocycles. The maximum Gasteiger partial charge on any atom is 0.307 e. The predicted molar refractivity (Wildman–Crippen MR) is 119 cm³/mol. The fourth-order valence-electron chi connectivity index (χ4n) is 2.86. The van der Waals surface area contributed by atoms with Gasteiger partial charge in [0.25, 0.3) is 0 Å². The van der Waals surface area contributed by atoms with Crippen LogP contribution in [0.15, 0.2) is 53.5 Å². The Morgan fingerprint density at radius 1 is 1.10 bits per heavy atom. The first-order valence-corrected chi connectivity index (χ1v) is 10.4. The molecule has 3 rings (SSSR count). The third-order valence-corrected chi connectivity index (χ3v) is 4.44. The Balaban J connectivity index is 1.56. The Morgan fingerprint density at radius 3 is 2.71 bits per heavy atom. The van der Waals surface area contributed by atoms with Crippen molar-refractivity contribution in [1.29, 1.82) is 0 Å². The van der Waals surface area contributed by atoms with Gasteiger partial charge >= 0.3 is 5.97 Å². The van der Waals surface area contributed by atoms with Crippen molar-refractivity contribution in [3.63, 3.8) is 0 Å². The van der Waals surface area contributed by atoms with Crippen LogP contribution in [0.5, 0.6) is 17.2 Å². The van der Waals surface area contributed by atoms with Crippen molar-refractivity contribution in [1.82, 2.24) is 5.32 Å². The molecule has 1 aliphatic rings. The predicted octanol–water partition coefficient (Wildman–Crippen LogP) is 3.24. The minimum atomic E-state index is -0.279. The molecule has 0 atom stereocenters. The number of anilines is 1. The van der Waals surface area contributed by atoms with Crippen LogP contribution < -0.4 is 24.8 Å². The molecule has 1 aliphatic heterocycles. The summed E-state index contributed by atoms with van der Waals surface area (Å²) in [6.07, 6.45) is 1.85. The topological polar surface area (TPSA) is 90.4 Å². The third-order valence-electron chi connectivity index (χ3n) is 4.44. The van der Waals surface area contributed by atoms with Gasteiger partial charge in [-0.2, -0.15) is 0 Å². The number of aliphatic imine (C=N–C) groups is 1. The number of esters is 1. The normalized spacial score (nSPS) is 13.1. The van der Waals surface area contributed by atoms with Gasteiger partial charge in [0.1, 0.15) is 5.75 Å². The van der Waals surface area contributed by atoms with Gasteiger partial charge in [0, 0.05) is 37.7 Å². The first kappa shape index (κ1) is 22.3. The van der Waals surface area contributed by atoms with Crippen molar-refractivity contribution in [3.8, 4) is 17.2 Å². The van der Waals surface area contributed by atoms with Gasteiger partial charge in [0.15, 0.2) is 17.5 Å². The zero-order valence-corrected chi connectivity index (χ0v) is 17.8. The number of rotatable bonds is 9. The molecule has 31 heavy (non-hydrogen) atoms. The molecule has 1 heterocycles. The highest BCUT2D eigenvalue weighted by Gasteiger charge is 2.11. The van der Waals surface area contributed by atoms with Crippen LogP contribution in [0.3, 0.4) is 0 Å². The van der Waals surface area contributed by atoms with Gasteiger partial charge in [-0.3, -0.25) is 9.79 Å². The Labute approximate surface area is 182 Å². The quantitative estimate of drug-likeness (QED) is 0.275. The molecule has 8 nitrogen and oxygen atoms in total. The van der Waals surface area contributed by atoms with Gasteiger partial charge < -0.3 is 29.6 Å². The summed E-state index contributed by atoms with van der Waals surface area (Å²) in [4.78, 5) is 16.0. The summed E-state index contributed by atoms with van der Waals surface area (Å²) < 4.78 is 21.8. The number of ether oxygens (including phenoxy) is 4. The van der Waals surface area contributed by atoms with Crippen molar-refractivity contribution in [2.24, 2.45) is 4.99 Å². The molecule has 0 fully saturated rings. The van der Waals surface area contributed by atoms with E-state index in [0.29, 0.717) is 44.6 Å².